The zero-order chi connectivity index (χ0) is 15.2. The van der Waals surface area contributed by atoms with E-state index in [9.17, 15) is 4.39 Å². The number of nitrogens with zero attached hydrogens (tertiary/aromatic N) is 1. The van der Waals surface area contributed by atoms with E-state index >= 15 is 0 Å². The molecule has 1 aliphatic rings. The molecule has 2 atom stereocenters. The first-order chi connectivity index (χ1) is 10.2. The normalized spacial score (nSPS) is 22.1. The SMILES string of the molecule is CCC1CCC(C)N1Cc1ccc(C#CCCO)cc1F. The largest absolute Gasteiger partial charge is 0.395 e. The van der Waals surface area contributed by atoms with E-state index in [2.05, 4.69) is 30.6 Å². The van der Waals surface area contributed by atoms with E-state index in [1.54, 1.807) is 0 Å². The molecule has 21 heavy (non-hydrogen) atoms. The maximum atomic E-state index is 14.2. The molecule has 2 unspecified atom stereocenters. The van der Waals surface area contributed by atoms with Crippen LogP contribution < -0.4 is 0 Å². The van der Waals surface area contributed by atoms with Crippen molar-refractivity contribution in [2.45, 2.75) is 58.2 Å². The Balaban J connectivity index is 2.09. The number of hydrogen-bond acceptors (Lipinski definition) is 2. The maximum absolute atomic E-state index is 14.2. The lowest BCUT2D eigenvalue weighted by molar-refractivity contribution is 0.187. The first-order valence-electron chi connectivity index (χ1n) is 7.79. The van der Waals surface area contributed by atoms with E-state index in [0.29, 0.717) is 30.6 Å². The Morgan fingerprint density at radius 2 is 2.19 bits per heavy atom. The molecule has 0 spiro atoms. The van der Waals surface area contributed by atoms with Gasteiger partial charge in [0.15, 0.2) is 0 Å². The van der Waals surface area contributed by atoms with E-state index in [1.165, 1.54) is 18.9 Å². The van der Waals surface area contributed by atoms with Crippen molar-refractivity contribution in [2.24, 2.45) is 0 Å². The van der Waals surface area contributed by atoms with Gasteiger partial charge in [0.05, 0.1) is 6.61 Å². The molecule has 0 saturated carbocycles. The summed E-state index contributed by atoms with van der Waals surface area (Å²) in [5, 5.41) is 8.69. The summed E-state index contributed by atoms with van der Waals surface area (Å²) in [7, 11) is 0. The number of likely N-dealkylation sites (tertiary alicyclic amines) is 1. The summed E-state index contributed by atoms with van der Waals surface area (Å²) >= 11 is 0. The van der Waals surface area contributed by atoms with E-state index in [1.807, 2.05) is 12.1 Å². The van der Waals surface area contributed by atoms with Crippen molar-refractivity contribution in [3.8, 4) is 11.8 Å². The monoisotopic (exact) mass is 289 g/mol. The predicted molar refractivity (Wildman–Crippen MR) is 83.3 cm³/mol. The molecule has 0 aromatic heterocycles. The lowest BCUT2D eigenvalue weighted by Crippen LogP contribution is -2.33. The van der Waals surface area contributed by atoms with Gasteiger partial charge in [0.2, 0.25) is 0 Å². The third-order valence-electron chi connectivity index (χ3n) is 4.30. The van der Waals surface area contributed by atoms with Gasteiger partial charge in [-0.2, -0.15) is 0 Å². The van der Waals surface area contributed by atoms with Gasteiger partial charge in [-0.05, 0) is 38.3 Å². The van der Waals surface area contributed by atoms with Crippen molar-refractivity contribution >= 4 is 0 Å². The van der Waals surface area contributed by atoms with Crippen molar-refractivity contribution in [3.63, 3.8) is 0 Å². The van der Waals surface area contributed by atoms with E-state index in [-0.39, 0.29) is 12.4 Å². The summed E-state index contributed by atoms with van der Waals surface area (Å²) in [6, 6.07) is 6.31. The minimum absolute atomic E-state index is 0.0405. The van der Waals surface area contributed by atoms with Gasteiger partial charge in [-0.1, -0.05) is 24.8 Å². The summed E-state index contributed by atoms with van der Waals surface area (Å²) in [6.07, 6.45) is 3.96. The second-order valence-corrected chi connectivity index (χ2v) is 5.74. The molecule has 1 aliphatic heterocycles. The Morgan fingerprint density at radius 1 is 1.38 bits per heavy atom. The van der Waals surface area contributed by atoms with Crippen molar-refractivity contribution in [3.05, 3.63) is 35.1 Å². The van der Waals surface area contributed by atoms with Crippen LogP contribution in [0.15, 0.2) is 18.2 Å². The van der Waals surface area contributed by atoms with E-state index < -0.39 is 0 Å². The van der Waals surface area contributed by atoms with Crippen LogP contribution in [0.1, 0.15) is 50.7 Å². The molecule has 1 saturated heterocycles. The molecule has 2 rings (SSSR count). The number of aliphatic hydroxyl groups excluding tert-OH is 1. The number of benzene rings is 1. The van der Waals surface area contributed by atoms with Crippen molar-refractivity contribution in [1.29, 1.82) is 0 Å². The molecule has 0 bridgehead atoms. The maximum Gasteiger partial charge on any atom is 0.128 e. The van der Waals surface area contributed by atoms with E-state index in [4.69, 9.17) is 5.11 Å². The van der Waals surface area contributed by atoms with Crippen molar-refractivity contribution in [1.82, 2.24) is 4.90 Å². The second kappa shape index (κ2) is 7.59. The minimum atomic E-state index is -0.181. The molecule has 1 N–H and O–H groups in total. The average molecular weight is 289 g/mol. The van der Waals surface area contributed by atoms with Crippen LogP contribution in [0.4, 0.5) is 4.39 Å². The molecule has 1 aromatic carbocycles. The van der Waals surface area contributed by atoms with Crippen LogP contribution in [0, 0.1) is 17.7 Å². The summed E-state index contributed by atoms with van der Waals surface area (Å²) < 4.78 is 14.2. The fourth-order valence-corrected chi connectivity index (χ4v) is 3.02. The Kier molecular flexibility index (Phi) is 5.78. The first-order valence-corrected chi connectivity index (χ1v) is 7.79. The number of hydrogen-bond donors (Lipinski definition) is 1. The van der Waals surface area contributed by atoms with Crippen LogP contribution in [0.5, 0.6) is 0 Å². The molecule has 3 heteroatoms. The van der Waals surface area contributed by atoms with Crippen LogP contribution in [0.25, 0.3) is 0 Å². The highest BCUT2D eigenvalue weighted by atomic mass is 19.1. The molecule has 0 amide bonds. The summed E-state index contributed by atoms with van der Waals surface area (Å²) in [5.41, 5.74) is 1.42. The lowest BCUT2D eigenvalue weighted by Gasteiger charge is -2.27. The van der Waals surface area contributed by atoms with Gasteiger partial charge in [0.1, 0.15) is 5.82 Å². The summed E-state index contributed by atoms with van der Waals surface area (Å²) in [5.74, 6) is 5.51. The third-order valence-corrected chi connectivity index (χ3v) is 4.30. The molecular weight excluding hydrogens is 265 g/mol. The van der Waals surface area contributed by atoms with Gasteiger partial charge in [-0.3, -0.25) is 4.90 Å². The molecule has 114 valence electrons. The zero-order valence-electron chi connectivity index (χ0n) is 12.9. The smallest absolute Gasteiger partial charge is 0.128 e. The number of aliphatic hydroxyl groups is 1. The third kappa shape index (κ3) is 4.06. The first kappa shape index (κ1) is 16.0. The molecule has 0 aliphatic carbocycles. The lowest BCUT2D eigenvalue weighted by atomic mass is 10.1. The minimum Gasteiger partial charge on any atom is -0.395 e. The second-order valence-electron chi connectivity index (χ2n) is 5.74. The number of halogens is 1. The Bertz CT molecular complexity index is 532. The Hall–Kier alpha value is -1.37. The van der Waals surface area contributed by atoms with Gasteiger partial charge < -0.3 is 5.11 Å². The Morgan fingerprint density at radius 3 is 2.86 bits per heavy atom. The van der Waals surface area contributed by atoms with Gasteiger partial charge in [0, 0.05) is 36.2 Å². The fraction of sp³-hybridized carbons (Fsp3) is 0.556. The van der Waals surface area contributed by atoms with E-state index in [0.717, 1.165) is 12.0 Å². The molecule has 1 aromatic rings. The molecule has 1 heterocycles. The molecular formula is C18H24FNO. The quantitative estimate of drug-likeness (QED) is 0.860. The highest BCUT2D eigenvalue weighted by Gasteiger charge is 2.29. The van der Waals surface area contributed by atoms with Crippen LogP contribution in [-0.2, 0) is 6.54 Å². The molecule has 2 nitrogen and oxygen atoms in total. The van der Waals surface area contributed by atoms with Crippen LogP contribution in [0.3, 0.4) is 0 Å². The van der Waals surface area contributed by atoms with Crippen LogP contribution in [-0.4, -0.2) is 28.7 Å². The van der Waals surface area contributed by atoms with Gasteiger partial charge in [-0.15, -0.1) is 0 Å². The number of rotatable bonds is 4. The Labute approximate surface area is 127 Å². The van der Waals surface area contributed by atoms with Gasteiger partial charge >= 0.3 is 0 Å². The van der Waals surface area contributed by atoms with Crippen LogP contribution in [0.2, 0.25) is 0 Å². The van der Waals surface area contributed by atoms with Gasteiger partial charge in [0.25, 0.3) is 0 Å². The fourth-order valence-electron chi connectivity index (χ4n) is 3.02. The topological polar surface area (TPSA) is 23.5 Å². The molecule has 1 fully saturated rings. The highest BCUT2D eigenvalue weighted by molar-refractivity contribution is 5.37. The van der Waals surface area contributed by atoms with Crippen LogP contribution >= 0.6 is 0 Å². The standard InChI is InChI=1S/C18H24FNO/c1-3-17-10-7-14(2)20(17)13-16-9-8-15(12-18(16)19)6-4-5-11-21/h8-9,12,14,17,21H,3,5,7,10-11,13H2,1-2H3. The predicted octanol–water partition coefficient (Wildman–Crippen LogP) is 3.32. The highest BCUT2D eigenvalue weighted by Crippen LogP contribution is 2.28. The molecule has 0 radical (unpaired) electrons. The summed E-state index contributed by atoms with van der Waals surface area (Å²) in [6.45, 7) is 5.14. The van der Waals surface area contributed by atoms with Crippen molar-refractivity contribution in [2.75, 3.05) is 6.61 Å². The average Bonchev–Trinajstić information content (AvgIpc) is 2.82. The van der Waals surface area contributed by atoms with Gasteiger partial charge in [-0.25, -0.2) is 4.39 Å². The summed E-state index contributed by atoms with van der Waals surface area (Å²) in [4.78, 5) is 2.41. The van der Waals surface area contributed by atoms with Crippen molar-refractivity contribution < 1.29 is 9.50 Å². The zero-order valence-corrected chi connectivity index (χ0v) is 12.9.